The van der Waals surface area contributed by atoms with Gasteiger partial charge in [0.05, 0.1) is 0 Å². The predicted octanol–water partition coefficient (Wildman–Crippen LogP) is 2.24. The van der Waals surface area contributed by atoms with Crippen molar-refractivity contribution in [3.05, 3.63) is 12.7 Å². The SMILES string of the molecule is C=CC(CCCCCCCC(=O)O)S(=O)(=O)O. The Morgan fingerprint density at radius 3 is 2.18 bits per heavy atom. The van der Waals surface area contributed by atoms with Crippen LogP contribution in [-0.2, 0) is 14.9 Å². The quantitative estimate of drug-likeness (QED) is 0.358. The lowest BCUT2D eigenvalue weighted by Crippen LogP contribution is -2.17. The normalized spacial score (nSPS) is 13.2. The lowest BCUT2D eigenvalue weighted by Gasteiger charge is -2.08. The van der Waals surface area contributed by atoms with Gasteiger partial charge in [0.25, 0.3) is 10.1 Å². The van der Waals surface area contributed by atoms with Crippen molar-refractivity contribution in [2.45, 2.75) is 50.2 Å². The highest BCUT2D eigenvalue weighted by Crippen LogP contribution is 2.13. The van der Waals surface area contributed by atoms with Gasteiger partial charge in [0.1, 0.15) is 5.25 Å². The Kier molecular flexibility index (Phi) is 7.82. The van der Waals surface area contributed by atoms with E-state index in [2.05, 4.69) is 6.58 Å². The van der Waals surface area contributed by atoms with Gasteiger partial charge in [-0.25, -0.2) is 0 Å². The molecule has 0 rings (SSSR count). The molecular weight excluding hydrogens is 244 g/mol. The van der Waals surface area contributed by atoms with Crippen molar-refractivity contribution in [3.63, 3.8) is 0 Å². The molecule has 0 aromatic rings. The molecule has 0 aliphatic rings. The molecule has 0 aromatic heterocycles. The van der Waals surface area contributed by atoms with Crippen LogP contribution in [0, 0.1) is 0 Å². The Morgan fingerprint density at radius 2 is 1.71 bits per heavy atom. The first-order valence-corrected chi connectivity index (χ1v) is 7.19. The van der Waals surface area contributed by atoms with E-state index in [-0.39, 0.29) is 6.42 Å². The molecule has 0 bridgehead atoms. The highest BCUT2D eigenvalue weighted by atomic mass is 32.2. The summed E-state index contributed by atoms with van der Waals surface area (Å²) in [5.41, 5.74) is 0. The Balaban J connectivity index is 3.57. The number of carbonyl (C=O) groups is 1. The summed E-state index contributed by atoms with van der Waals surface area (Å²) in [6.45, 7) is 3.37. The van der Waals surface area contributed by atoms with Gasteiger partial charge in [0.15, 0.2) is 0 Å². The molecule has 1 atom stereocenters. The maximum Gasteiger partial charge on any atom is 0.303 e. The third kappa shape index (κ3) is 8.88. The first kappa shape index (κ1) is 16.1. The minimum atomic E-state index is -4.02. The van der Waals surface area contributed by atoms with Crippen LogP contribution in [0.2, 0.25) is 0 Å². The van der Waals surface area contributed by atoms with Crippen molar-refractivity contribution < 1.29 is 22.9 Å². The third-order valence-electron chi connectivity index (χ3n) is 2.52. The van der Waals surface area contributed by atoms with Gasteiger partial charge >= 0.3 is 5.97 Å². The van der Waals surface area contributed by atoms with E-state index >= 15 is 0 Å². The first-order chi connectivity index (χ1) is 7.88. The van der Waals surface area contributed by atoms with Crippen LogP contribution in [0.25, 0.3) is 0 Å². The average molecular weight is 264 g/mol. The number of hydrogen-bond donors (Lipinski definition) is 2. The number of carboxylic acid groups (broad SMARTS) is 1. The zero-order valence-electron chi connectivity index (χ0n) is 9.84. The van der Waals surface area contributed by atoms with Crippen LogP contribution in [-0.4, -0.2) is 29.3 Å². The Bertz CT molecular complexity index is 334. The fourth-order valence-electron chi connectivity index (χ4n) is 1.54. The number of rotatable bonds is 10. The van der Waals surface area contributed by atoms with Gasteiger partial charge in [0, 0.05) is 6.42 Å². The lowest BCUT2D eigenvalue weighted by molar-refractivity contribution is -0.137. The van der Waals surface area contributed by atoms with Gasteiger partial charge in [-0.2, -0.15) is 8.42 Å². The summed E-state index contributed by atoms with van der Waals surface area (Å²) in [5.74, 6) is -0.789. The van der Waals surface area contributed by atoms with E-state index in [0.29, 0.717) is 19.3 Å². The zero-order valence-corrected chi connectivity index (χ0v) is 10.7. The maximum atomic E-state index is 10.8. The molecule has 0 radical (unpaired) electrons. The monoisotopic (exact) mass is 264 g/mol. The van der Waals surface area contributed by atoms with Gasteiger partial charge in [0.2, 0.25) is 0 Å². The van der Waals surface area contributed by atoms with E-state index in [4.69, 9.17) is 9.66 Å². The molecule has 100 valence electrons. The highest BCUT2D eigenvalue weighted by Gasteiger charge is 2.18. The second kappa shape index (κ2) is 8.25. The fraction of sp³-hybridized carbons (Fsp3) is 0.727. The summed E-state index contributed by atoms with van der Waals surface area (Å²) in [4.78, 5) is 10.2. The minimum absolute atomic E-state index is 0.181. The van der Waals surface area contributed by atoms with Gasteiger partial charge in [-0.3, -0.25) is 9.35 Å². The summed E-state index contributed by atoms with van der Waals surface area (Å²) in [7, 11) is -4.02. The minimum Gasteiger partial charge on any atom is -0.481 e. The van der Waals surface area contributed by atoms with Crippen LogP contribution in [0.1, 0.15) is 44.9 Å². The second-order valence-corrected chi connectivity index (χ2v) is 5.62. The van der Waals surface area contributed by atoms with E-state index in [9.17, 15) is 13.2 Å². The van der Waals surface area contributed by atoms with Crippen molar-refractivity contribution in [2.24, 2.45) is 0 Å². The van der Waals surface area contributed by atoms with Crippen LogP contribution in [0.3, 0.4) is 0 Å². The molecular formula is C11H20O5S. The summed E-state index contributed by atoms with van der Waals surface area (Å²) >= 11 is 0. The molecule has 5 nitrogen and oxygen atoms in total. The molecule has 0 aromatic carbocycles. The highest BCUT2D eigenvalue weighted by molar-refractivity contribution is 7.86. The van der Waals surface area contributed by atoms with Gasteiger partial charge < -0.3 is 5.11 Å². The molecule has 0 heterocycles. The molecule has 0 amide bonds. The van der Waals surface area contributed by atoms with Crippen molar-refractivity contribution >= 4 is 16.1 Å². The van der Waals surface area contributed by atoms with Crippen LogP contribution in [0.15, 0.2) is 12.7 Å². The van der Waals surface area contributed by atoms with Crippen LogP contribution in [0.4, 0.5) is 0 Å². The first-order valence-electron chi connectivity index (χ1n) is 5.68. The molecule has 0 spiro atoms. The molecule has 0 fully saturated rings. The molecule has 1 unspecified atom stereocenters. The molecule has 0 saturated heterocycles. The molecule has 0 aliphatic carbocycles. The summed E-state index contributed by atoms with van der Waals surface area (Å²) < 4.78 is 30.5. The largest absolute Gasteiger partial charge is 0.481 e. The van der Waals surface area contributed by atoms with Gasteiger partial charge in [-0.1, -0.05) is 31.8 Å². The molecule has 6 heteroatoms. The van der Waals surface area contributed by atoms with Crippen molar-refractivity contribution in [1.29, 1.82) is 0 Å². The van der Waals surface area contributed by atoms with Crippen molar-refractivity contribution in [3.8, 4) is 0 Å². The van der Waals surface area contributed by atoms with Crippen LogP contribution in [0.5, 0.6) is 0 Å². The van der Waals surface area contributed by atoms with E-state index < -0.39 is 21.3 Å². The number of carboxylic acids is 1. The van der Waals surface area contributed by atoms with E-state index in [0.717, 1.165) is 19.3 Å². The molecule has 0 aliphatic heterocycles. The zero-order chi connectivity index (χ0) is 13.3. The number of hydrogen-bond acceptors (Lipinski definition) is 3. The van der Waals surface area contributed by atoms with E-state index in [1.54, 1.807) is 0 Å². The maximum absolute atomic E-state index is 10.8. The Morgan fingerprint density at radius 1 is 1.18 bits per heavy atom. The molecule has 2 N–H and O–H groups in total. The summed E-state index contributed by atoms with van der Waals surface area (Å²) in [6, 6.07) is 0. The standard InChI is InChI=1S/C11H20O5S/c1-2-10(17(14,15)16)8-6-4-3-5-7-9-11(12)13/h2,10H,1,3-9H2,(H,12,13)(H,14,15,16). The van der Waals surface area contributed by atoms with Crippen LogP contribution >= 0.6 is 0 Å². The number of aliphatic carboxylic acids is 1. The van der Waals surface area contributed by atoms with Crippen molar-refractivity contribution in [2.75, 3.05) is 0 Å². The number of unbranched alkanes of at least 4 members (excludes halogenated alkanes) is 4. The predicted molar refractivity (Wildman–Crippen MR) is 65.5 cm³/mol. The van der Waals surface area contributed by atoms with Crippen molar-refractivity contribution in [1.82, 2.24) is 0 Å². The Hall–Kier alpha value is -0.880. The molecule has 0 saturated carbocycles. The second-order valence-electron chi connectivity index (χ2n) is 3.99. The molecule has 17 heavy (non-hydrogen) atoms. The van der Waals surface area contributed by atoms with E-state index in [1.165, 1.54) is 6.08 Å². The van der Waals surface area contributed by atoms with Gasteiger partial charge in [-0.05, 0) is 12.8 Å². The lowest BCUT2D eigenvalue weighted by atomic mass is 10.1. The van der Waals surface area contributed by atoms with Gasteiger partial charge in [-0.15, -0.1) is 6.58 Å². The Labute approximate surface area is 102 Å². The fourth-order valence-corrected chi connectivity index (χ4v) is 2.25. The smallest absolute Gasteiger partial charge is 0.303 e. The average Bonchev–Trinajstić information content (AvgIpc) is 2.19. The summed E-state index contributed by atoms with van der Waals surface area (Å²) in [6.07, 6.45) is 5.66. The third-order valence-corrected chi connectivity index (χ3v) is 3.72. The van der Waals surface area contributed by atoms with Crippen LogP contribution < -0.4 is 0 Å². The topological polar surface area (TPSA) is 91.7 Å². The summed E-state index contributed by atoms with van der Waals surface area (Å²) in [5, 5.41) is 7.52. The van der Waals surface area contributed by atoms with E-state index in [1.807, 2.05) is 0 Å².